The molecule has 0 fully saturated rings. The molecule has 3 heterocycles. The molecule has 2 N–H and O–H groups in total. The molecule has 7 nitrogen and oxygen atoms in total. The van der Waals surface area contributed by atoms with Crippen LogP contribution in [0, 0.1) is 19.7 Å². The van der Waals surface area contributed by atoms with E-state index in [1.54, 1.807) is 24.8 Å². The second-order valence-corrected chi connectivity index (χ2v) is 7.38. The van der Waals surface area contributed by atoms with E-state index in [0.717, 1.165) is 28.3 Å². The molecule has 0 radical (unpaired) electrons. The van der Waals surface area contributed by atoms with Gasteiger partial charge in [0.2, 0.25) is 5.82 Å². The summed E-state index contributed by atoms with van der Waals surface area (Å²) >= 11 is 0. The van der Waals surface area contributed by atoms with Gasteiger partial charge in [-0.05, 0) is 55.3 Å². The Hall–Kier alpha value is -2.62. The Morgan fingerprint density at radius 2 is 2.06 bits per heavy atom. The zero-order valence-corrected chi connectivity index (χ0v) is 22.0. The van der Waals surface area contributed by atoms with Gasteiger partial charge in [-0.25, -0.2) is 0 Å². The fourth-order valence-electron chi connectivity index (χ4n) is 3.10. The molecule has 8 heteroatoms. The fraction of sp³-hybridized carbons (Fsp3) is 0.120. The summed E-state index contributed by atoms with van der Waals surface area (Å²) in [5.41, 5.74) is 4.05. The maximum absolute atomic E-state index is 12.5. The summed E-state index contributed by atoms with van der Waals surface area (Å²) in [6, 6.07) is 15.3. The number of carbonyl (C=O) groups excluding carboxylic acids is 1. The van der Waals surface area contributed by atoms with Crippen molar-refractivity contribution in [2.75, 3.05) is 5.32 Å². The average Bonchev–Trinajstić information content (AvgIpc) is 2.78. The van der Waals surface area contributed by atoms with Gasteiger partial charge in [0.1, 0.15) is 6.20 Å². The van der Waals surface area contributed by atoms with Crippen LogP contribution in [0.15, 0.2) is 78.3 Å². The molecule has 160 valence electrons. The molecule has 1 amide bonds. The fourth-order valence-corrected chi connectivity index (χ4v) is 3.10. The van der Waals surface area contributed by atoms with Gasteiger partial charge in [-0.3, -0.25) is 9.78 Å². The van der Waals surface area contributed by atoms with E-state index >= 15 is 0 Å². The molecule has 0 spiro atoms. The first-order valence-electron chi connectivity index (χ1n) is 10.2. The molecule has 0 aliphatic carbocycles. The van der Waals surface area contributed by atoms with Crippen LogP contribution in [0.2, 0.25) is 0 Å². The van der Waals surface area contributed by atoms with E-state index in [2.05, 4.69) is 31.8 Å². The zero-order chi connectivity index (χ0) is 22.3. The van der Waals surface area contributed by atoms with Crippen LogP contribution in [-0.4, -0.2) is 32.4 Å². The molecule has 1 aliphatic rings. The quantitative estimate of drug-likeness (QED) is 0.238. The molecule has 1 unspecified atom stereocenters. The number of rotatable bonds is 7. The van der Waals surface area contributed by atoms with Crippen molar-refractivity contribution >= 4 is 29.3 Å². The normalized spacial score (nSPS) is 14.5. The molecule has 0 saturated carbocycles. The first-order valence-corrected chi connectivity index (χ1v) is 10.2. The van der Waals surface area contributed by atoms with Crippen LogP contribution in [-0.2, 0) is 0 Å². The number of amides is 1. The van der Waals surface area contributed by atoms with Crippen LogP contribution in [0.5, 0.6) is 0 Å². The SMILES string of the molecule is Cc1cncc(C(=O)Nc2cccc(C(C)N[C-]=CN=C3C=[N+](c4ccccn4)[CH-]3)c2)c1.[K+]. The smallest absolute Gasteiger partial charge is 0.560 e. The van der Waals surface area contributed by atoms with Crippen molar-refractivity contribution in [2.24, 2.45) is 4.99 Å². The van der Waals surface area contributed by atoms with Crippen molar-refractivity contribution in [1.82, 2.24) is 15.3 Å². The molecule has 0 saturated heterocycles. The third-order valence-corrected chi connectivity index (χ3v) is 4.82. The van der Waals surface area contributed by atoms with E-state index in [1.807, 2.05) is 79.7 Å². The standard InChI is InChI=1S/C25H23N6O.K/c1-18-12-21(15-26-14-18)25(32)30-22-7-5-6-20(13-22)19(2)27-10-11-28-23-16-31(17-23)24-8-3-4-9-29-24;/h3-9,11-17,19,27H,1-2H3,(H,30,32);/q-1;+1. The van der Waals surface area contributed by atoms with Crippen LogP contribution in [0.1, 0.15) is 34.5 Å². The van der Waals surface area contributed by atoms with E-state index in [0.29, 0.717) is 5.56 Å². The van der Waals surface area contributed by atoms with Crippen LogP contribution in [0.25, 0.3) is 0 Å². The Balaban J connectivity index is 0.00000306. The number of aryl methyl sites for hydroxylation is 1. The third kappa shape index (κ3) is 6.93. The third-order valence-electron chi connectivity index (χ3n) is 4.82. The minimum absolute atomic E-state index is 0. The van der Waals surface area contributed by atoms with Gasteiger partial charge in [0.05, 0.1) is 11.3 Å². The van der Waals surface area contributed by atoms with Gasteiger partial charge in [0.25, 0.3) is 5.91 Å². The number of hydrogen-bond acceptors (Lipinski definition) is 5. The Morgan fingerprint density at radius 3 is 2.82 bits per heavy atom. The first-order chi connectivity index (χ1) is 15.6. The number of anilines is 1. The van der Waals surface area contributed by atoms with E-state index in [1.165, 1.54) is 0 Å². The summed E-state index contributed by atoms with van der Waals surface area (Å²) in [6.45, 7) is 5.83. The molecular formula is C25H23KN6O. The van der Waals surface area contributed by atoms with Gasteiger partial charge in [-0.2, -0.15) is 0 Å². The molecule has 4 rings (SSSR count). The van der Waals surface area contributed by atoms with E-state index in [-0.39, 0.29) is 63.3 Å². The largest absolute Gasteiger partial charge is 1.00 e. The van der Waals surface area contributed by atoms with E-state index < -0.39 is 0 Å². The number of aliphatic imine (C=N–C) groups is 1. The monoisotopic (exact) mass is 462 g/mol. The summed E-state index contributed by atoms with van der Waals surface area (Å²) in [6.07, 6.45) is 11.5. The number of hydrogen-bond donors (Lipinski definition) is 2. The Bertz CT molecular complexity index is 1210. The predicted octanol–water partition coefficient (Wildman–Crippen LogP) is 0.998. The number of nitrogens with zero attached hydrogens (tertiary/aromatic N) is 4. The average molecular weight is 463 g/mol. The van der Waals surface area contributed by atoms with Gasteiger partial charge in [0, 0.05) is 36.9 Å². The zero-order valence-electron chi connectivity index (χ0n) is 18.9. The van der Waals surface area contributed by atoms with Crippen molar-refractivity contribution in [3.63, 3.8) is 0 Å². The molecule has 2 aromatic heterocycles. The van der Waals surface area contributed by atoms with Crippen molar-refractivity contribution in [3.05, 3.63) is 103 Å². The van der Waals surface area contributed by atoms with Crippen molar-refractivity contribution in [3.8, 4) is 0 Å². The Kier molecular flexibility index (Phi) is 9.10. The van der Waals surface area contributed by atoms with E-state index in [9.17, 15) is 4.79 Å². The molecule has 1 aliphatic heterocycles. The predicted molar refractivity (Wildman–Crippen MR) is 125 cm³/mol. The second-order valence-electron chi connectivity index (χ2n) is 7.38. The summed E-state index contributed by atoms with van der Waals surface area (Å²) in [4.78, 5) is 25.1. The summed E-state index contributed by atoms with van der Waals surface area (Å²) in [5.74, 6) is 0.672. The minimum atomic E-state index is -0.186. The topological polar surface area (TPSA) is 82.3 Å². The number of aromatic nitrogens is 2. The number of benzene rings is 1. The van der Waals surface area contributed by atoms with E-state index in [4.69, 9.17) is 0 Å². The van der Waals surface area contributed by atoms with Gasteiger partial charge >= 0.3 is 51.4 Å². The van der Waals surface area contributed by atoms with Crippen LogP contribution >= 0.6 is 0 Å². The molecule has 33 heavy (non-hydrogen) atoms. The van der Waals surface area contributed by atoms with Crippen molar-refractivity contribution in [1.29, 1.82) is 0 Å². The van der Waals surface area contributed by atoms with Gasteiger partial charge in [-0.1, -0.05) is 23.2 Å². The van der Waals surface area contributed by atoms with Crippen molar-refractivity contribution < 1.29 is 60.8 Å². The number of pyridine rings is 2. The summed E-state index contributed by atoms with van der Waals surface area (Å²) < 4.78 is 1.91. The minimum Gasteiger partial charge on any atom is -0.560 e. The summed E-state index contributed by atoms with van der Waals surface area (Å²) in [7, 11) is 0. The Morgan fingerprint density at radius 1 is 1.21 bits per heavy atom. The number of carbonyl (C=O) groups is 1. The summed E-state index contributed by atoms with van der Waals surface area (Å²) in [5, 5.41) is 6.10. The van der Waals surface area contributed by atoms with Crippen LogP contribution in [0.3, 0.4) is 0 Å². The van der Waals surface area contributed by atoms with Crippen molar-refractivity contribution in [2.45, 2.75) is 19.9 Å². The first kappa shape index (κ1) is 25.0. The molecule has 1 aromatic carbocycles. The molecule has 1 atom stereocenters. The molecule has 0 bridgehead atoms. The second kappa shape index (κ2) is 12.0. The van der Waals surface area contributed by atoms with Gasteiger partial charge in [0.15, 0.2) is 0 Å². The van der Waals surface area contributed by atoms with Crippen LogP contribution < -0.4 is 62.0 Å². The van der Waals surface area contributed by atoms with Crippen LogP contribution in [0.4, 0.5) is 11.5 Å². The maximum atomic E-state index is 12.5. The Labute approximate surface area is 236 Å². The van der Waals surface area contributed by atoms with Gasteiger partial charge in [-0.15, -0.1) is 6.20 Å². The maximum Gasteiger partial charge on any atom is 1.00 e. The van der Waals surface area contributed by atoms with Gasteiger partial charge < -0.3 is 26.4 Å². The number of nitrogens with one attached hydrogen (secondary N) is 2. The molecule has 3 aromatic rings. The molecular weight excluding hydrogens is 439 g/mol.